The molecule has 0 aliphatic rings. The molecule has 0 radical (unpaired) electrons. The summed E-state index contributed by atoms with van der Waals surface area (Å²) >= 11 is 0. The van der Waals surface area contributed by atoms with Crippen molar-refractivity contribution >= 4 is 5.97 Å². The van der Waals surface area contributed by atoms with Gasteiger partial charge in [0.15, 0.2) is 12.4 Å². The monoisotopic (exact) mass is 236 g/mol. The Kier molecular flexibility index (Phi) is 3.49. The summed E-state index contributed by atoms with van der Waals surface area (Å²) in [4.78, 5) is 11.5. The van der Waals surface area contributed by atoms with Gasteiger partial charge in [0.2, 0.25) is 5.76 Å². The minimum Gasteiger partial charge on any atom is -0.457 e. The molecule has 0 amide bonds. The minimum absolute atomic E-state index is 0.0343. The molecule has 2 heterocycles. The van der Waals surface area contributed by atoms with Gasteiger partial charge in [-0.1, -0.05) is 6.92 Å². The molecule has 0 aliphatic heterocycles. The van der Waals surface area contributed by atoms with Gasteiger partial charge in [0, 0.05) is 6.54 Å². The molecule has 7 nitrogen and oxygen atoms in total. The number of aryl methyl sites for hydroxylation is 1. The van der Waals surface area contributed by atoms with Crippen LogP contribution in [0.1, 0.15) is 29.7 Å². The average Bonchev–Trinajstić information content (AvgIpc) is 2.97. The Morgan fingerprint density at radius 3 is 3.18 bits per heavy atom. The molecule has 0 aliphatic carbocycles. The summed E-state index contributed by atoms with van der Waals surface area (Å²) in [6, 6.07) is 3.16. The van der Waals surface area contributed by atoms with E-state index in [0.29, 0.717) is 12.4 Å². The summed E-state index contributed by atoms with van der Waals surface area (Å²) in [7, 11) is 0. The van der Waals surface area contributed by atoms with Crippen molar-refractivity contribution in [2.75, 3.05) is 0 Å². The van der Waals surface area contributed by atoms with Gasteiger partial charge in [-0.15, -0.1) is 5.10 Å². The summed E-state index contributed by atoms with van der Waals surface area (Å²) in [5.41, 5.74) is 0. The summed E-state index contributed by atoms with van der Waals surface area (Å²) in [5, 5.41) is 11.1. The highest BCUT2D eigenvalue weighted by atomic mass is 16.5. The molecule has 0 saturated heterocycles. The molecule has 0 aromatic carbocycles. The van der Waals surface area contributed by atoms with Crippen LogP contribution in [-0.2, 0) is 17.9 Å². The predicted molar refractivity (Wildman–Crippen MR) is 55.9 cm³/mol. The number of furan rings is 1. The van der Waals surface area contributed by atoms with Gasteiger partial charge in [0.1, 0.15) is 0 Å². The Morgan fingerprint density at radius 1 is 1.59 bits per heavy atom. The molecule has 0 atom stereocenters. The van der Waals surface area contributed by atoms with Crippen LogP contribution >= 0.6 is 0 Å². The number of aromatic nitrogens is 4. The predicted octanol–water partition coefficient (Wildman–Crippen LogP) is 1.03. The lowest BCUT2D eigenvalue weighted by Gasteiger charge is -2.03. The highest BCUT2D eigenvalue weighted by Gasteiger charge is 2.12. The maximum atomic E-state index is 11.5. The molecule has 0 fully saturated rings. The van der Waals surface area contributed by atoms with Crippen molar-refractivity contribution in [1.29, 1.82) is 0 Å². The molecule has 0 bridgehead atoms. The van der Waals surface area contributed by atoms with E-state index in [1.54, 1.807) is 10.7 Å². The molecule has 2 rings (SSSR count). The molecule has 0 unspecified atom stereocenters. The van der Waals surface area contributed by atoms with Crippen molar-refractivity contribution in [2.24, 2.45) is 0 Å². The molecular weight excluding hydrogens is 224 g/mol. The maximum absolute atomic E-state index is 11.5. The van der Waals surface area contributed by atoms with Crippen molar-refractivity contribution < 1.29 is 13.9 Å². The van der Waals surface area contributed by atoms with E-state index >= 15 is 0 Å². The lowest BCUT2D eigenvalue weighted by Crippen LogP contribution is -2.10. The topological polar surface area (TPSA) is 83.0 Å². The third-order valence-electron chi connectivity index (χ3n) is 2.10. The van der Waals surface area contributed by atoms with Gasteiger partial charge in [-0.25, -0.2) is 9.48 Å². The normalized spacial score (nSPS) is 10.4. The van der Waals surface area contributed by atoms with E-state index in [-0.39, 0.29) is 12.4 Å². The van der Waals surface area contributed by atoms with Crippen molar-refractivity contribution in [3.8, 4) is 0 Å². The first-order chi connectivity index (χ1) is 8.31. The SMILES string of the molecule is CCCn1nnnc1COC(=O)c1ccco1. The molecule has 0 N–H and O–H groups in total. The number of tetrazole rings is 1. The fraction of sp³-hybridized carbons (Fsp3) is 0.400. The molecule has 90 valence electrons. The van der Waals surface area contributed by atoms with Crippen molar-refractivity contribution in [3.05, 3.63) is 30.0 Å². The molecular formula is C10H12N4O3. The number of carbonyl (C=O) groups excluding carboxylic acids is 1. The summed E-state index contributed by atoms with van der Waals surface area (Å²) < 4.78 is 11.5. The Hall–Kier alpha value is -2.18. The van der Waals surface area contributed by atoms with Crippen molar-refractivity contribution in [3.63, 3.8) is 0 Å². The van der Waals surface area contributed by atoms with Crippen LogP contribution in [0, 0.1) is 0 Å². The Bertz CT molecular complexity index is 477. The molecule has 2 aromatic heterocycles. The Morgan fingerprint density at radius 2 is 2.47 bits per heavy atom. The third-order valence-corrected chi connectivity index (χ3v) is 2.10. The minimum atomic E-state index is -0.527. The van der Waals surface area contributed by atoms with Gasteiger partial charge in [0.05, 0.1) is 6.26 Å². The number of hydrogen-bond acceptors (Lipinski definition) is 6. The molecule has 0 saturated carbocycles. The van der Waals surface area contributed by atoms with Crippen molar-refractivity contribution in [2.45, 2.75) is 26.5 Å². The zero-order valence-electron chi connectivity index (χ0n) is 9.37. The lowest BCUT2D eigenvalue weighted by atomic mass is 10.4. The van der Waals surface area contributed by atoms with Crippen LogP contribution in [0.4, 0.5) is 0 Å². The largest absolute Gasteiger partial charge is 0.457 e. The van der Waals surface area contributed by atoms with Gasteiger partial charge in [-0.05, 0) is 29.0 Å². The third kappa shape index (κ3) is 2.68. The second-order valence-corrected chi connectivity index (χ2v) is 3.37. The van der Waals surface area contributed by atoms with Gasteiger partial charge >= 0.3 is 5.97 Å². The zero-order valence-corrected chi connectivity index (χ0v) is 9.37. The van der Waals surface area contributed by atoms with Gasteiger partial charge in [-0.3, -0.25) is 0 Å². The van der Waals surface area contributed by atoms with E-state index in [1.807, 2.05) is 6.92 Å². The quantitative estimate of drug-likeness (QED) is 0.721. The van der Waals surface area contributed by atoms with E-state index < -0.39 is 5.97 Å². The second-order valence-electron chi connectivity index (χ2n) is 3.37. The lowest BCUT2D eigenvalue weighted by molar-refractivity contribution is 0.0420. The number of carbonyl (C=O) groups is 1. The zero-order chi connectivity index (χ0) is 12.1. The smallest absolute Gasteiger partial charge is 0.374 e. The van der Waals surface area contributed by atoms with E-state index in [9.17, 15) is 4.79 Å². The second kappa shape index (κ2) is 5.24. The summed E-state index contributed by atoms with van der Waals surface area (Å²) in [6.45, 7) is 2.74. The first kappa shape index (κ1) is 11.3. The van der Waals surface area contributed by atoms with Crippen LogP contribution < -0.4 is 0 Å². The standard InChI is InChI=1S/C10H12N4O3/c1-2-5-14-9(11-12-13-14)7-17-10(15)8-4-3-6-16-8/h3-4,6H,2,5,7H2,1H3. The molecule has 2 aromatic rings. The number of ether oxygens (including phenoxy) is 1. The highest BCUT2D eigenvalue weighted by molar-refractivity contribution is 5.86. The first-order valence-corrected chi connectivity index (χ1v) is 5.27. The van der Waals surface area contributed by atoms with E-state index in [2.05, 4.69) is 15.5 Å². The van der Waals surface area contributed by atoms with E-state index in [1.165, 1.54) is 12.3 Å². The Labute approximate surface area is 97.4 Å². The summed E-state index contributed by atoms with van der Waals surface area (Å²) in [5.74, 6) is 0.160. The molecule has 7 heteroatoms. The fourth-order valence-corrected chi connectivity index (χ4v) is 1.31. The van der Waals surface area contributed by atoms with Gasteiger partial charge < -0.3 is 9.15 Å². The fourth-order valence-electron chi connectivity index (χ4n) is 1.31. The molecule has 0 spiro atoms. The number of esters is 1. The Balaban J connectivity index is 1.93. The van der Waals surface area contributed by atoms with E-state index in [0.717, 1.165) is 6.42 Å². The van der Waals surface area contributed by atoms with Crippen molar-refractivity contribution in [1.82, 2.24) is 20.2 Å². The van der Waals surface area contributed by atoms with Crippen LogP contribution in [0.3, 0.4) is 0 Å². The highest BCUT2D eigenvalue weighted by Crippen LogP contribution is 2.04. The van der Waals surface area contributed by atoms with Gasteiger partial charge in [0.25, 0.3) is 0 Å². The number of nitrogens with zero attached hydrogens (tertiary/aromatic N) is 4. The van der Waals surface area contributed by atoms with Crippen LogP contribution in [0.25, 0.3) is 0 Å². The van der Waals surface area contributed by atoms with Crippen LogP contribution in [0.2, 0.25) is 0 Å². The average molecular weight is 236 g/mol. The number of hydrogen-bond donors (Lipinski definition) is 0. The van der Waals surface area contributed by atoms with Crippen LogP contribution in [0.15, 0.2) is 22.8 Å². The van der Waals surface area contributed by atoms with E-state index in [4.69, 9.17) is 9.15 Å². The summed E-state index contributed by atoms with van der Waals surface area (Å²) in [6.07, 6.45) is 2.32. The molecule has 17 heavy (non-hydrogen) atoms. The van der Waals surface area contributed by atoms with Crippen LogP contribution in [0.5, 0.6) is 0 Å². The maximum Gasteiger partial charge on any atom is 0.374 e. The van der Waals surface area contributed by atoms with Crippen LogP contribution in [-0.4, -0.2) is 26.2 Å². The van der Waals surface area contributed by atoms with Gasteiger partial charge in [-0.2, -0.15) is 0 Å². The number of rotatable bonds is 5. The first-order valence-electron chi connectivity index (χ1n) is 5.27.